The van der Waals surface area contributed by atoms with Gasteiger partial charge in [0.05, 0.1) is 13.7 Å². The average molecular weight is 541 g/mol. The summed E-state index contributed by atoms with van der Waals surface area (Å²) < 4.78 is 11.2. The van der Waals surface area contributed by atoms with Crippen LogP contribution in [0, 0.1) is 6.92 Å². The Morgan fingerprint density at radius 2 is 1.90 bits per heavy atom. The van der Waals surface area contributed by atoms with Gasteiger partial charge in [0, 0.05) is 25.7 Å². The normalized spacial score (nSPS) is 11.7. The Kier molecular flexibility index (Phi) is 12.3. The number of pyridine rings is 1. The Labute approximate surface area is 201 Å². The Morgan fingerprint density at radius 3 is 2.55 bits per heavy atom. The molecule has 2 aromatic rings. The van der Waals surface area contributed by atoms with Crippen LogP contribution in [0.15, 0.2) is 47.6 Å². The van der Waals surface area contributed by atoms with Crippen LogP contribution < -0.4 is 25.4 Å². The smallest absolute Gasteiger partial charge is 0.227 e. The number of methoxy groups -OCH3 is 1. The number of nitrogens with zero attached hydrogens (tertiary/aromatic N) is 2. The van der Waals surface area contributed by atoms with Gasteiger partial charge in [-0.15, -0.1) is 24.0 Å². The van der Waals surface area contributed by atoms with Crippen molar-refractivity contribution < 1.29 is 14.3 Å². The average Bonchev–Trinajstić information content (AvgIpc) is 2.74. The third-order valence-corrected chi connectivity index (χ3v) is 4.07. The standard InChI is InChI=1S/C22H31N5O3.HI/c1-5-23-22(24-13-12-21(28)27-20-11-10-16(2)14-25-20)26-15-17(3)30-19-9-7-6-8-18(19)29-4;/h6-11,14,17H,5,12-13,15H2,1-4H3,(H2,23,24,26)(H,25,27,28);1H. The Balaban J connectivity index is 0.00000480. The third-order valence-electron chi connectivity index (χ3n) is 4.07. The summed E-state index contributed by atoms with van der Waals surface area (Å²) in [6.07, 6.45) is 1.87. The lowest BCUT2D eigenvalue weighted by molar-refractivity contribution is -0.116. The number of amides is 1. The van der Waals surface area contributed by atoms with Crippen LogP contribution in [0.25, 0.3) is 0 Å². The number of aliphatic imine (C=N–C) groups is 1. The van der Waals surface area contributed by atoms with Crippen molar-refractivity contribution in [1.29, 1.82) is 0 Å². The van der Waals surface area contributed by atoms with Gasteiger partial charge in [-0.05, 0) is 44.5 Å². The molecule has 1 aromatic heterocycles. The highest BCUT2D eigenvalue weighted by Gasteiger charge is 2.09. The van der Waals surface area contributed by atoms with Crippen LogP contribution in [0.3, 0.4) is 0 Å². The van der Waals surface area contributed by atoms with Gasteiger partial charge in [0.25, 0.3) is 0 Å². The third kappa shape index (κ3) is 9.86. The van der Waals surface area contributed by atoms with E-state index < -0.39 is 0 Å². The van der Waals surface area contributed by atoms with E-state index in [4.69, 9.17) is 9.47 Å². The number of nitrogens with one attached hydrogen (secondary N) is 3. The monoisotopic (exact) mass is 541 g/mol. The number of para-hydroxylation sites is 2. The minimum absolute atomic E-state index is 0. The van der Waals surface area contributed by atoms with Gasteiger partial charge in [-0.3, -0.25) is 4.79 Å². The molecule has 9 heteroatoms. The van der Waals surface area contributed by atoms with Crippen molar-refractivity contribution >= 4 is 41.7 Å². The zero-order valence-electron chi connectivity index (χ0n) is 18.5. The number of guanidine groups is 1. The lowest BCUT2D eigenvalue weighted by Crippen LogP contribution is -2.39. The van der Waals surface area contributed by atoms with E-state index in [1.807, 2.05) is 51.1 Å². The molecule has 0 saturated carbocycles. The largest absolute Gasteiger partial charge is 0.493 e. The molecule has 1 atom stereocenters. The highest BCUT2D eigenvalue weighted by molar-refractivity contribution is 14.0. The van der Waals surface area contributed by atoms with Crippen LogP contribution >= 0.6 is 24.0 Å². The fourth-order valence-corrected chi connectivity index (χ4v) is 2.57. The molecule has 0 aliphatic heterocycles. The van der Waals surface area contributed by atoms with E-state index in [9.17, 15) is 4.79 Å². The van der Waals surface area contributed by atoms with Gasteiger partial charge in [-0.25, -0.2) is 9.98 Å². The minimum Gasteiger partial charge on any atom is -0.493 e. The van der Waals surface area contributed by atoms with Gasteiger partial charge in [0.2, 0.25) is 5.91 Å². The second-order valence-electron chi connectivity index (χ2n) is 6.74. The molecule has 0 radical (unpaired) electrons. The van der Waals surface area contributed by atoms with Crippen molar-refractivity contribution in [2.75, 3.05) is 32.1 Å². The van der Waals surface area contributed by atoms with Crippen molar-refractivity contribution in [1.82, 2.24) is 15.6 Å². The van der Waals surface area contributed by atoms with Gasteiger partial charge >= 0.3 is 0 Å². The first-order valence-corrected chi connectivity index (χ1v) is 10.1. The van der Waals surface area contributed by atoms with Crippen LogP contribution in [0.1, 0.15) is 25.8 Å². The van der Waals surface area contributed by atoms with Gasteiger partial charge in [0.15, 0.2) is 17.5 Å². The van der Waals surface area contributed by atoms with E-state index >= 15 is 0 Å². The molecule has 31 heavy (non-hydrogen) atoms. The van der Waals surface area contributed by atoms with E-state index in [0.29, 0.717) is 49.3 Å². The second kappa shape index (κ2) is 14.4. The Bertz CT molecular complexity index is 830. The minimum atomic E-state index is -0.146. The SMILES string of the molecule is CCNC(=NCC(C)Oc1ccccc1OC)NCCC(=O)Nc1ccc(C)cn1.I. The van der Waals surface area contributed by atoms with Gasteiger partial charge in [0.1, 0.15) is 11.9 Å². The quantitative estimate of drug-likeness (QED) is 0.243. The molecule has 2 rings (SSSR count). The summed E-state index contributed by atoms with van der Waals surface area (Å²) in [4.78, 5) is 20.8. The first kappa shape index (κ1) is 26.5. The molecular formula is C22H32IN5O3. The number of halogens is 1. The summed E-state index contributed by atoms with van der Waals surface area (Å²) in [7, 11) is 1.61. The summed E-state index contributed by atoms with van der Waals surface area (Å²) in [6, 6.07) is 11.2. The fourth-order valence-electron chi connectivity index (χ4n) is 2.57. The summed E-state index contributed by atoms with van der Waals surface area (Å²) in [5.41, 5.74) is 1.05. The summed E-state index contributed by atoms with van der Waals surface area (Å²) in [6.45, 7) is 7.50. The van der Waals surface area contributed by atoms with Gasteiger partial charge in [-0.1, -0.05) is 18.2 Å². The molecule has 1 unspecified atom stereocenters. The predicted octanol–water partition coefficient (Wildman–Crippen LogP) is 3.37. The Morgan fingerprint density at radius 1 is 1.16 bits per heavy atom. The summed E-state index contributed by atoms with van der Waals surface area (Å²) >= 11 is 0. The number of carbonyl (C=O) groups is 1. The molecule has 0 fully saturated rings. The number of rotatable bonds is 10. The maximum Gasteiger partial charge on any atom is 0.227 e. The molecule has 8 nitrogen and oxygen atoms in total. The molecule has 1 heterocycles. The second-order valence-corrected chi connectivity index (χ2v) is 6.74. The molecule has 3 N–H and O–H groups in total. The molecule has 0 spiro atoms. The lowest BCUT2D eigenvalue weighted by Gasteiger charge is -2.16. The van der Waals surface area contributed by atoms with Gasteiger partial charge in [-0.2, -0.15) is 0 Å². The summed E-state index contributed by atoms with van der Waals surface area (Å²) in [5.74, 6) is 2.44. The van der Waals surface area contributed by atoms with Crippen molar-refractivity contribution in [2.24, 2.45) is 4.99 Å². The first-order valence-electron chi connectivity index (χ1n) is 10.1. The van der Waals surface area contributed by atoms with E-state index in [0.717, 1.165) is 5.56 Å². The van der Waals surface area contributed by atoms with E-state index in [1.54, 1.807) is 19.4 Å². The molecule has 0 aliphatic carbocycles. The van der Waals surface area contributed by atoms with Crippen LogP contribution in [0.5, 0.6) is 11.5 Å². The molecule has 0 aliphatic rings. The highest BCUT2D eigenvalue weighted by Crippen LogP contribution is 2.26. The van der Waals surface area contributed by atoms with Crippen LogP contribution in [-0.2, 0) is 4.79 Å². The number of hydrogen-bond donors (Lipinski definition) is 3. The number of anilines is 1. The van der Waals surface area contributed by atoms with Crippen molar-refractivity contribution in [3.8, 4) is 11.5 Å². The van der Waals surface area contributed by atoms with Crippen molar-refractivity contribution in [3.05, 3.63) is 48.2 Å². The zero-order valence-corrected chi connectivity index (χ0v) is 20.8. The maximum absolute atomic E-state index is 12.1. The molecule has 170 valence electrons. The predicted molar refractivity (Wildman–Crippen MR) is 135 cm³/mol. The van der Waals surface area contributed by atoms with Crippen molar-refractivity contribution in [2.45, 2.75) is 33.3 Å². The number of aromatic nitrogens is 1. The van der Waals surface area contributed by atoms with Crippen LogP contribution in [-0.4, -0.2) is 49.7 Å². The topological polar surface area (TPSA) is 96.9 Å². The van der Waals surface area contributed by atoms with Crippen LogP contribution in [0.4, 0.5) is 5.82 Å². The number of aryl methyl sites for hydroxylation is 1. The van der Waals surface area contributed by atoms with Crippen molar-refractivity contribution in [3.63, 3.8) is 0 Å². The number of ether oxygens (including phenoxy) is 2. The number of benzene rings is 1. The maximum atomic E-state index is 12.1. The Hall–Kier alpha value is -2.56. The fraction of sp³-hybridized carbons (Fsp3) is 0.409. The van der Waals surface area contributed by atoms with E-state index in [2.05, 4.69) is 25.9 Å². The molecular weight excluding hydrogens is 509 g/mol. The molecule has 0 bridgehead atoms. The van der Waals surface area contributed by atoms with E-state index in [1.165, 1.54) is 0 Å². The zero-order chi connectivity index (χ0) is 21.8. The molecule has 0 saturated heterocycles. The summed E-state index contributed by atoms with van der Waals surface area (Å²) in [5, 5.41) is 9.12. The molecule has 1 amide bonds. The lowest BCUT2D eigenvalue weighted by atomic mass is 10.3. The van der Waals surface area contributed by atoms with Gasteiger partial charge < -0.3 is 25.4 Å². The highest BCUT2D eigenvalue weighted by atomic mass is 127. The number of carbonyl (C=O) groups excluding carboxylic acids is 1. The number of hydrogen-bond acceptors (Lipinski definition) is 5. The molecule has 1 aromatic carbocycles. The first-order chi connectivity index (χ1) is 14.5. The van der Waals surface area contributed by atoms with E-state index in [-0.39, 0.29) is 36.0 Å². The van der Waals surface area contributed by atoms with Crippen LogP contribution in [0.2, 0.25) is 0 Å².